The van der Waals surface area contributed by atoms with E-state index in [4.69, 9.17) is 11.0 Å². The molecule has 0 atom stereocenters. The van der Waals surface area contributed by atoms with Gasteiger partial charge in [-0.15, -0.1) is 0 Å². The highest BCUT2D eigenvalue weighted by molar-refractivity contribution is 7.92. The maximum Gasteiger partial charge on any atom is 0.263 e. The molecular formula is C12H9FN4O2S. The van der Waals surface area contributed by atoms with E-state index in [0.717, 1.165) is 12.3 Å². The van der Waals surface area contributed by atoms with Gasteiger partial charge in [0.15, 0.2) is 0 Å². The van der Waals surface area contributed by atoms with E-state index in [2.05, 4.69) is 9.71 Å². The van der Waals surface area contributed by atoms with E-state index in [0.29, 0.717) is 0 Å². The van der Waals surface area contributed by atoms with E-state index in [1.165, 1.54) is 24.3 Å². The van der Waals surface area contributed by atoms with Crippen molar-refractivity contribution in [1.82, 2.24) is 4.98 Å². The van der Waals surface area contributed by atoms with Gasteiger partial charge in [-0.25, -0.2) is 17.8 Å². The van der Waals surface area contributed by atoms with Crippen LogP contribution in [0.1, 0.15) is 5.69 Å². The summed E-state index contributed by atoms with van der Waals surface area (Å²) in [6.07, 6.45) is 1.01. The molecule has 20 heavy (non-hydrogen) atoms. The molecule has 0 saturated carbocycles. The summed E-state index contributed by atoms with van der Waals surface area (Å²) in [4.78, 5) is 3.45. The number of nitriles is 1. The van der Waals surface area contributed by atoms with Crippen LogP contribution in [-0.2, 0) is 10.0 Å². The van der Waals surface area contributed by atoms with Crippen LogP contribution in [-0.4, -0.2) is 13.4 Å². The first kappa shape index (κ1) is 13.8. The molecule has 1 heterocycles. The highest BCUT2D eigenvalue weighted by Crippen LogP contribution is 2.24. The number of nitrogens with two attached hydrogens (primary N) is 1. The average molecular weight is 292 g/mol. The third-order valence-corrected chi connectivity index (χ3v) is 3.78. The van der Waals surface area contributed by atoms with Crippen LogP contribution in [0.5, 0.6) is 0 Å². The van der Waals surface area contributed by atoms with E-state index in [1.54, 1.807) is 6.07 Å². The van der Waals surface area contributed by atoms with Crippen LogP contribution < -0.4 is 10.5 Å². The average Bonchev–Trinajstić information content (AvgIpc) is 2.43. The van der Waals surface area contributed by atoms with Crippen LogP contribution in [0.4, 0.5) is 15.8 Å². The van der Waals surface area contributed by atoms with Gasteiger partial charge in [-0.3, -0.25) is 4.72 Å². The van der Waals surface area contributed by atoms with E-state index >= 15 is 0 Å². The first-order valence-corrected chi connectivity index (χ1v) is 6.85. The van der Waals surface area contributed by atoms with Gasteiger partial charge in [0, 0.05) is 6.20 Å². The number of pyridine rings is 1. The Morgan fingerprint density at radius 3 is 2.60 bits per heavy atom. The molecule has 0 amide bonds. The van der Waals surface area contributed by atoms with Crippen LogP contribution in [0.2, 0.25) is 0 Å². The van der Waals surface area contributed by atoms with E-state index in [9.17, 15) is 12.8 Å². The number of anilines is 2. The van der Waals surface area contributed by atoms with Crippen molar-refractivity contribution in [1.29, 1.82) is 5.26 Å². The fraction of sp³-hybridized carbons (Fsp3) is 0. The zero-order chi connectivity index (χ0) is 14.8. The largest absolute Gasteiger partial charge is 0.397 e. The minimum atomic E-state index is -4.03. The van der Waals surface area contributed by atoms with Crippen LogP contribution in [0.15, 0.2) is 41.4 Å². The molecule has 0 bridgehead atoms. The van der Waals surface area contributed by atoms with Crippen molar-refractivity contribution in [3.8, 4) is 6.07 Å². The SMILES string of the molecule is N#Cc1ccc(S(=O)(=O)Nc2c(N)cccc2F)cn1. The van der Waals surface area contributed by atoms with Gasteiger partial charge < -0.3 is 5.73 Å². The Morgan fingerprint density at radius 2 is 2.05 bits per heavy atom. The number of para-hydroxylation sites is 1. The van der Waals surface area contributed by atoms with Gasteiger partial charge in [0.05, 0.1) is 5.69 Å². The number of nitrogen functional groups attached to an aromatic ring is 1. The Bertz CT molecular complexity index is 762. The van der Waals surface area contributed by atoms with E-state index in [1.807, 2.05) is 0 Å². The summed E-state index contributed by atoms with van der Waals surface area (Å²) >= 11 is 0. The van der Waals surface area contributed by atoms with E-state index in [-0.39, 0.29) is 22.0 Å². The molecule has 0 spiro atoms. The minimum Gasteiger partial charge on any atom is -0.397 e. The summed E-state index contributed by atoms with van der Waals surface area (Å²) in [5.41, 5.74) is 5.25. The molecule has 0 unspecified atom stereocenters. The fourth-order valence-electron chi connectivity index (χ4n) is 1.45. The van der Waals surface area contributed by atoms with Gasteiger partial charge in [-0.05, 0) is 24.3 Å². The Morgan fingerprint density at radius 1 is 1.30 bits per heavy atom. The summed E-state index contributed by atoms with van der Waals surface area (Å²) in [5, 5.41) is 8.60. The molecule has 1 aromatic carbocycles. The lowest BCUT2D eigenvalue weighted by Gasteiger charge is -2.10. The fourth-order valence-corrected chi connectivity index (χ4v) is 2.49. The number of hydrogen-bond acceptors (Lipinski definition) is 5. The van der Waals surface area contributed by atoms with Crippen LogP contribution in [0.25, 0.3) is 0 Å². The van der Waals surface area contributed by atoms with Crippen LogP contribution in [0, 0.1) is 17.1 Å². The van der Waals surface area contributed by atoms with Gasteiger partial charge in [-0.2, -0.15) is 5.26 Å². The van der Waals surface area contributed by atoms with Crippen molar-refractivity contribution in [3.63, 3.8) is 0 Å². The zero-order valence-corrected chi connectivity index (χ0v) is 10.9. The van der Waals surface area contributed by atoms with Gasteiger partial charge in [0.25, 0.3) is 10.0 Å². The summed E-state index contributed by atoms with van der Waals surface area (Å²) < 4.78 is 39.7. The molecule has 1 aromatic heterocycles. The second-order valence-corrected chi connectivity index (χ2v) is 5.48. The molecule has 0 aliphatic carbocycles. The topological polar surface area (TPSA) is 109 Å². The molecule has 0 aliphatic heterocycles. The van der Waals surface area contributed by atoms with Gasteiger partial charge in [-0.1, -0.05) is 6.07 Å². The normalized spacial score (nSPS) is 10.8. The summed E-state index contributed by atoms with van der Waals surface area (Å²) in [6, 6.07) is 8.04. The third-order valence-electron chi connectivity index (χ3n) is 2.44. The number of sulfonamides is 1. The van der Waals surface area contributed by atoms with Gasteiger partial charge >= 0.3 is 0 Å². The highest BCUT2D eigenvalue weighted by Gasteiger charge is 2.18. The molecule has 2 rings (SSSR count). The Balaban J connectivity index is 2.38. The zero-order valence-electron chi connectivity index (χ0n) is 10.0. The molecule has 0 aliphatic rings. The number of aromatic nitrogens is 1. The van der Waals surface area contributed by atoms with Crippen LogP contribution in [0.3, 0.4) is 0 Å². The first-order chi connectivity index (χ1) is 9.44. The smallest absolute Gasteiger partial charge is 0.263 e. The van der Waals surface area contributed by atoms with Crippen molar-refractivity contribution in [2.24, 2.45) is 0 Å². The highest BCUT2D eigenvalue weighted by atomic mass is 32.2. The minimum absolute atomic E-state index is 0.0322. The molecule has 102 valence electrons. The molecule has 8 heteroatoms. The molecule has 2 aromatic rings. The summed E-state index contributed by atoms with van der Waals surface area (Å²) in [7, 11) is -4.03. The summed E-state index contributed by atoms with van der Waals surface area (Å²) in [5.74, 6) is -0.782. The first-order valence-electron chi connectivity index (χ1n) is 5.37. The van der Waals surface area contributed by atoms with E-state index < -0.39 is 15.8 Å². The summed E-state index contributed by atoms with van der Waals surface area (Å²) in [6.45, 7) is 0. The monoisotopic (exact) mass is 292 g/mol. The van der Waals surface area contributed by atoms with Crippen LogP contribution >= 0.6 is 0 Å². The Labute approximate surface area is 114 Å². The number of halogens is 1. The van der Waals surface area contributed by atoms with Crippen molar-refractivity contribution < 1.29 is 12.8 Å². The lowest BCUT2D eigenvalue weighted by atomic mass is 10.3. The van der Waals surface area contributed by atoms with Crippen molar-refractivity contribution in [3.05, 3.63) is 48.0 Å². The maximum absolute atomic E-state index is 13.5. The number of hydrogen-bond donors (Lipinski definition) is 2. The predicted octanol–water partition coefficient (Wildman–Crippen LogP) is 1.48. The second kappa shape index (κ2) is 5.14. The number of benzene rings is 1. The second-order valence-electron chi connectivity index (χ2n) is 3.80. The molecule has 6 nitrogen and oxygen atoms in total. The predicted molar refractivity (Wildman–Crippen MR) is 70.6 cm³/mol. The van der Waals surface area contributed by atoms with Gasteiger partial charge in [0.2, 0.25) is 0 Å². The quantitative estimate of drug-likeness (QED) is 0.833. The number of nitrogens with zero attached hydrogens (tertiary/aromatic N) is 2. The van der Waals surface area contributed by atoms with Crippen molar-refractivity contribution in [2.75, 3.05) is 10.5 Å². The Hall–Kier alpha value is -2.66. The maximum atomic E-state index is 13.5. The number of nitrogens with one attached hydrogen (secondary N) is 1. The number of rotatable bonds is 3. The lowest BCUT2D eigenvalue weighted by molar-refractivity contribution is 0.598. The molecule has 0 radical (unpaired) electrons. The van der Waals surface area contributed by atoms with Crippen molar-refractivity contribution >= 4 is 21.4 Å². The van der Waals surface area contributed by atoms with Gasteiger partial charge in [0.1, 0.15) is 28.2 Å². The Kier molecular flexibility index (Phi) is 3.54. The molecular weight excluding hydrogens is 283 g/mol. The molecule has 3 N–H and O–H groups in total. The molecule has 0 fully saturated rings. The molecule has 0 saturated heterocycles. The third kappa shape index (κ3) is 2.67. The standard InChI is InChI=1S/C12H9FN4O2S/c13-10-2-1-3-11(15)12(10)17-20(18,19)9-5-4-8(6-14)16-7-9/h1-5,7,17H,15H2. The lowest BCUT2D eigenvalue weighted by Crippen LogP contribution is -2.15. The van der Waals surface area contributed by atoms with Crippen molar-refractivity contribution in [2.45, 2.75) is 4.90 Å².